The molecule has 1 saturated carbocycles. The highest BCUT2D eigenvalue weighted by Crippen LogP contribution is 2.39. The fourth-order valence-corrected chi connectivity index (χ4v) is 3.88. The molecule has 0 spiro atoms. The summed E-state index contributed by atoms with van der Waals surface area (Å²) in [6.07, 6.45) is 4.96. The van der Waals surface area contributed by atoms with Crippen LogP contribution < -0.4 is 16.2 Å². The summed E-state index contributed by atoms with van der Waals surface area (Å²) >= 11 is 1.62. The van der Waals surface area contributed by atoms with Crippen molar-refractivity contribution in [2.24, 2.45) is 11.3 Å². The van der Waals surface area contributed by atoms with E-state index in [4.69, 9.17) is 5.84 Å². The summed E-state index contributed by atoms with van der Waals surface area (Å²) in [5.74, 6) is 6.98. The molecule has 2 aromatic heterocycles. The van der Waals surface area contributed by atoms with Gasteiger partial charge in [0.05, 0.1) is 5.39 Å². The summed E-state index contributed by atoms with van der Waals surface area (Å²) in [5.41, 5.74) is 3.05. The van der Waals surface area contributed by atoms with Crippen molar-refractivity contribution < 1.29 is 0 Å². The molecule has 0 unspecified atom stereocenters. The van der Waals surface area contributed by atoms with E-state index in [2.05, 4.69) is 52.6 Å². The van der Waals surface area contributed by atoms with Crippen LogP contribution in [0.15, 0.2) is 11.4 Å². The van der Waals surface area contributed by atoms with Crippen LogP contribution in [0.25, 0.3) is 10.2 Å². The molecule has 114 valence electrons. The van der Waals surface area contributed by atoms with Crippen molar-refractivity contribution in [3.63, 3.8) is 0 Å². The maximum Gasteiger partial charge on any atom is 0.240 e. The van der Waals surface area contributed by atoms with Gasteiger partial charge in [-0.25, -0.2) is 10.8 Å². The minimum absolute atomic E-state index is 0.477. The van der Waals surface area contributed by atoms with E-state index in [9.17, 15) is 0 Å². The van der Waals surface area contributed by atoms with E-state index in [0.29, 0.717) is 17.4 Å². The SMILES string of the molecule is CN(c1nc(NN)nc2sccc12)C1CCC(C)(C)CC1. The van der Waals surface area contributed by atoms with Crippen LogP contribution in [0, 0.1) is 5.41 Å². The average molecular weight is 305 g/mol. The highest BCUT2D eigenvalue weighted by atomic mass is 32.1. The molecule has 1 fully saturated rings. The number of anilines is 2. The lowest BCUT2D eigenvalue weighted by Gasteiger charge is -2.39. The first-order valence-corrected chi connectivity index (χ1v) is 8.33. The molecule has 1 aliphatic rings. The smallest absolute Gasteiger partial charge is 0.240 e. The third-order valence-electron chi connectivity index (χ3n) is 4.62. The number of nitrogen functional groups attached to an aromatic ring is 1. The van der Waals surface area contributed by atoms with Gasteiger partial charge in [-0.2, -0.15) is 4.98 Å². The first-order valence-electron chi connectivity index (χ1n) is 7.45. The lowest BCUT2D eigenvalue weighted by Crippen LogP contribution is -2.37. The van der Waals surface area contributed by atoms with E-state index in [1.54, 1.807) is 11.3 Å². The summed E-state index contributed by atoms with van der Waals surface area (Å²) in [6, 6.07) is 2.64. The van der Waals surface area contributed by atoms with Crippen LogP contribution in [0.3, 0.4) is 0 Å². The molecule has 0 amide bonds. The van der Waals surface area contributed by atoms with E-state index in [-0.39, 0.29) is 0 Å². The van der Waals surface area contributed by atoms with Crippen molar-refractivity contribution in [2.45, 2.75) is 45.6 Å². The Labute approximate surface area is 129 Å². The summed E-state index contributed by atoms with van der Waals surface area (Å²) in [6.45, 7) is 4.73. The van der Waals surface area contributed by atoms with E-state index >= 15 is 0 Å². The maximum atomic E-state index is 5.50. The average Bonchev–Trinajstić information content (AvgIpc) is 2.93. The second kappa shape index (κ2) is 5.42. The topological polar surface area (TPSA) is 67.1 Å². The van der Waals surface area contributed by atoms with E-state index in [0.717, 1.165) is 16.0 Å². The fraction of sp³-hybridized carbons (Fsp3) is 0.600. The Morgan fingerprint density at radius 2 is 2.05 bits per heavy atom. The van der Waals surface area contributed by atoms with Gasteiger partial charge in [0.2, 0.25) is 5.95 Å². The van der Waals surface area contributed by atoms with Crippen molar-refractivity contribution in [2.75, 3.05) is 17.4 Å². The number of thiophene rings is 1. The van der Waals surface area contributed by atoms with Gasteiger partial charge in [0.25, 0.3) is 0 Å². The number of rotatable bonds is 3. The molecule has 5 nitrogen and oxygen atoms in total. The number of hydrogen-bond donors (Lipinski definition) is 2. The van der Waals surface area contributed by atoms with E-state index in [1.165, 1.54) is 25.7 Å². The van der Waals surface area contributed by atoms with E-state index < -0.39 is 0 Å². The number of nitrogens with one attached hydrogen (secondary N) is 1. The van der Waals surface area contributed by atoms with Gasteiger partial charge < -0.3 is 4.90 Å². The van der Waals surface area contributed by atoms with Crippen LogP contribution in [-0.2, 0) is 0 Å². The van der Waals surface area contributed by atoms with Gasteiger partial charge in [-0.15, -0.1) is 11.3 Å². The fourth-order valence-electron chi connectivity index (χ4n) is 3.12. The van der Waals surface area contributed by atoms with Crippen LogP contribution in [-0.4, -0.2) is 23.1 Å². The van der Waals surface area contributed by atoms with Gasteiger partial charge in [-0.3, -0.25) is 5.43 Å². The predicted octanol–water partition coefficient (Wildman–Crippen LogP) is 3.38. The van der Waals surface area contributed by atoms with Gasteiger partial charge in [-0.05, 0) is 42.5 Å². The van der Waals surface area contributed by atoms with Crippen LogP contribution in [0.4, 0.5) is 11.8 Å². The number of hydrogen-bond acceptors (Lipinski definition) is 6. The molecule has 0 aromatic carbocycles. The molecule has 0 radical (unpaired) electrons. The molecule has 0 bridgehead atoms. The molecule has 2 heterocycles. The molecular weight excluding hydrogens is 282 g/mol. The number of fused-ring (bicyclic) bond motifs is 1. The molecule has 6 heteroatoms. The molecule has 3 rings (SSSR count). The lowest BCUT2D eigenvalue weighted by atomic mass is 9.75. The molecule has 0 aliphatic heterocycles. The van der Waals surface area contributed by atoms with Crippen molar-refractivity contribution >= 4 is 33.3 Å². The van der Waals surface area contributed by atoms with Crippen molar-refractivity contribution in [3.05, 3.63) is 11.4 Å². The first-order chi connectivity index (χ1) is 10.00. The van der Waals surface area contributed by atoms with Gasteiger partial charge in [0.1, 0.15) is 10.6 Å². The monoisotopic (exact) mass is 305 g/mol. The number of hydrazine groups is 1. The third-order valence-corrected chi connectivity index (χ3v) is 5.43. The maximum absolute atomic E-state index is 5.50. The summed E-state index contributed by atoms with van der Waals surface area (Å²) in [5, 5.41) is 3.17. The van der Waals surface area contributed by atoms with Crippen molar-refractivity contribution in [3.8, 4) is 0 Å². The van der Waals surface area contributed by atoms with Crippen LogP contribution in [0.2, 0.25) is 0 Å². The van der Waals surface area contributed by atoms with Gasteiger partial charge in [0, 0.05) is 13.1 Å². The molecule has 3 N–H and O–H groups in total. The highest BCUT2D eigenvalue weighted by molar-refractivity contribution is 7.16. The van der Waals surface area contributed by atoms with Crippen LogP contribution in [0.5, 0.6) is 0 Å². The molecular formula is C15H23N5S. The van der Waals surface area contributed by atoms with Gasteiger partial charge in [-0.1, -0.05) is 13.8 Å². The number of nitrogens with two attached hydrogens (primary N) is 1. The largest absolute Gasteiger partial charge is 0.356 e. The Morgan fingerprint density at radius 3 is 2.71 bits per heavy atom. The van der Waals surface area contributed by atoms with Crippen molar-refractivity contribution in [1.29, 1.82) is 0 Å². The summed E-state index contributed by atoms with van der Waals surface area (Å²) in [4.78, 5) is 12.3. The zero-order valence-corrected chi connectivity index (χ0v) is 13.7. The Bertz CT molecular complexity index is 626. The molecule has 0 saturated heterocycles. The zero-order chi connectivity index (χ0) is 15.0. The Hall–Kier alpha value is -1.40. The molecule has 21 heavy (non-hydrogen) atoms. The predicted molar refractivity (Wildman–Crippen MR) is 89.7 cm³/mol. The Balaban J connectivity index is 1.90. The minimum atomic E-state index is 0.477. The zero-order valence-electron chi connectivity index (χ0n) is 12.9. The number of nitrogens with zero attached hydrogens (tertiary/aromatic N) is 3. The Morgan fingerprint density at radius 1 is 1.33 bits per heavy atom. The van der Waals surface area contributed by atoms with Crippen LogP contribution in [0.1, 0.15) is 39.5 Å². The number of aromatic nitrogens is 2. The summed E-state index contributed by atoms with van der Waals surface area (Å²) in [7, 11) is 2.14. The second-order valence-electron chi connectivity index (χ2n) is 6.66. The quantitative estimate of drug-likeness (QED) is 0.672. The summed E-state index contributed by atoms with van der Waals surface area (Å²) < 4.78 is 0. The minimum Gasteiger partial charge on any atom is -0.356 e. The van der Waals surface area contributed by atoms with Crippen molar-refractivity contribution in [1.82, 2.24) is 9.97 Å². The highest BCUT2D eigenvalue weighted by Gasteiger charge is 2.30. The standard InChI is InChI=1S/C15H23N5S/c1-15(2)7-4-10(5-8-15)20(3)12-11-6-9-21-13(11)18-14(17-12)19-16/h6,9-10H,4-5,7-8,16H2,1-3H3,(H,17,18,19). The van der Waals surface area contributed by atoms with Crippen LogP contribution >= 0.6 is 11.3 Å². The molecule has 1 aliphatic carbocycles. The Kier molecular flexibility index (Phi) is 3.75. The lowest BCUT2D eigenvalue weighted by molar-refractivity contribution is 0.222. The molecule has 0 atom stereocenters. The molecule has 2 aromatic rings. The van der Waals surface area contributed by atoms with Gasteiger partial charge >= 0.3 is 0 Å². The first kappa shape index (κ1) is 14.5. The second-order valence-corrected chi connectivity index (χ2v) is 7.56. The normalized spacial score (nSPS) is 18.9. The van der Waals surface area contributed by atoms with Gasteiger partial charge in [0.15, 0.2) is 0 Å². The third kappa shape index (κ3) is 2.82. The van der Waals surface area contributed by atoms with E-state index in [1.807, 2.05) is 0 Å².